The number of benzene rings is 4. The molecule has 0 radical (unpaired) electrons. The molecule has 0 aliphatic carbocycles. The molecule has 0 fully saturated rings. The van der Waals surface area contributed by atoms with Crippen molar-refractivity contribution >= 4 is 11.9 Å². The molecule has 4 aromatic rings. The lowest BCUT2D eigenvalue weighted by Crippen LogP contribution is -2.51. The quantitative estimate of drug-likeness (QED) is 0.315. The van der Waals surface area contributed by atoms with Gasteiger partial charge >= 0.3 is 5.97 Å². The largest absolute Gasteiger partial charge is 0.493 e. The Labute approximate surface area is 227 Å². The summed E-state index contributed by atoms with van der Waals surface area (Å²) in [6, 6.07) is 30.4. The third kappa shape index (κ3) is 5.72. The number of aliphatic carboxylic acids is 1. The molecule has 1 heterocycles. The number of methoxy groups -OCH3 is 1. The summed E-state index contributed by atoms with van der Waals surface area (Å²) in [5.41, 5.74) is 3.14. The molecule has 1 aliphatic heterocycles. The van der Waals surface area contributed by atoms with Crippen LogP contribution in [0.15, 0.2) is 103 Å². The number of rotatable bonds is 9. The number of hydrogen-bond acceptors (Lipinski definition) is 5. The molecular formula is C32H29NO6. The lowest BCUT2D eigenvalue weighted by molar-refractivity contribution is -0.155. The van der Waals surface area contributed by atoms with Gasteiger partial charge in [-0.05, 0) is 29.3 Å². The van der Waals surface area contributed by atoms with Gasteiger partial charge in [0, 0.05) is 24.1 Å². The summed E-state index contributed by atoms with van der Waals surface area (Å²) in [7, 11) is 1.55. The van der Waals surface area contributed by atoms with Crippen LogP contribution in [-0.2, 0) is 29.2 Å². The third-order valence-electron chi connectivity index (χ3n) is 6.77. The smallest absolute Gasteiger partial charge is 0.326 e. The first-order valence-electron chi connectivity index (χ1n) is 12.7. The van der Waals surface area contributed by atoms with Crippen LogP contribution in [0.5, 0.6) is 17.2 Å². The monoisotopic (exact) mass is 523 g/mol. The van der Waals surface area contributed by atoms with Crippen LogP contribution in [0.25, 0.3) is 0 Å². The van der Waals surface area contributed by atoms with E-state index in [9.17, 15) is 14.7 Å². The van der Waals surface area contributed by atoms with Crippen molar-refractivity contribution in [1.29, 1.82) is 0 Å². The van der Waals surface area contributed by atoms with Crippen LogP contribution in [-0.4, -0.2) is 35.0 Å². The van der Waals surface area contributed by atoms with Crippen LogP contribution in [0.4, 0.5) is 0 Å². The summed E-state index contributed by atoms with van der Waals surface area (Å²) in [5, 5.41) is 10.2. The summed E-state index contributed by atoms with van der Waals surface area (Å²) < 4.78 is 17.9. The second-order valence-corrected chi connectivity index (χ2v) is 9.25. The standard InChI is InChI=1S/C32H29NO6/c1-37-28-18-17-24-20-33(27(32(35)36)19-26(24)30(28)38-21-22-11-5-2-6-12-22)31(34)29(23-13-7-3-8-14-23)39-25-15-9-4-10-16-25/h2-18,27,29H,19-21H2,1H3,(H,35,36)/t27-,29+/m0/s1. The predicted octanol–water partition coefficient (Wildman–Crippen LogP) is 5.43. The number of amides is 1. The van der Waals surface area contributed by atoms with E-state index in [2.05, 4.69) is 0 Å². The van der Waals surface area contributed by atoms with E-state index >= 15 is 0 Å². The number of nitrogens with zero attached hydrogens (tertiary/aromatic N) is 1. The summed E-state index contributed by atoms with van der Waals surface area (Å²) in [5.74, 6) is 0.00821. The predicted molar refractivity (Wildman–Crippen MR) is 146 cm³/mol. The Morgan fingerprint density at radius 3 is 2.18 bits per heavy atom. The average Bonchev–Trinajstić information content (AvgIpc) is 2.99. The minimum atomic E-state index is -1.11. The van der Waals surface area contributed by atoms with Crippen LogP contribution < -0.4 is 14.2 Å². The van der Waals surface area contributed by atoms with Gasteiger partial charge in [-0.15, -0.1) is 0 Å². The second-order valence-electron chi connectivity index (χ2n) is 9.25. The van der Waals surface area contributed by atoms with E-state index in [0.717, 1.165) is 16.7 Å². The van der Waals surface area contributed by atoms with Crippen LogP contribution >= 0.6 is 0 Å². The maximum Gasteiger partial charge on any atom is 0.326 e. The molecule has 198 valence electrons. The van der Waals surface area contributed by atoms with E-state index in [1.165, 1.54) is 4.90 Å². The Morgan fingerprint density at radius 2 is 1.54 bits per heavy atom. The van der Waals surface area contributed by atoms with E-state index in [4.69, 9.17) is 14.2 Å². The topological polar surface area (TPSA) is 85.3 Å². The Morgan fingerprint density at radius 1 is 0.897 bits per heavy atom. The number of carboxylic acids is 1. The molecule has 0 saturated carbocycles. The Balaban J connectivity index is 1.48. The molecule has 0 bridgehead atoms. The highest BCUT2D eigenvalue weighted by molar-refractivity contribution is 5.88. The Hall–Kier alpha value is -4.78. The molecule has 2 atom stereocenters. The van der Waals surface area contributed by atoms with Gasteiger partial charge in [0.1, 0.15) is 18.4 Å². The van der Waals surface area contributed by atoms with Crippen molar-refractivity contribution in [1.82, 2.24) is 4.90 Å². The van der Waals surface area contributed by atoms with E-state index < -0.39 is 24.0 Å². The number of para-hydroxylation sites is 1. The molecule has 7 nitrogen and oxygen atoms in total. The molecule has 4 aromatic carbocycles. The fourth-order valence-corrected chi connectivity index (χ4v) is 4.79. The first-order chi connectivity index (χ1) is 19.0. The molecule has 0 saturated heterocycles. The molecule has 39 heavy (non-hydrogen) atoms. The zero-order valence-electron chi connectivity index (χ0n) is 21.5. The zero-order chi connectivity index (χ0) is 27.2. The van der Waals surface area contributed by atoms with E-state index in [1.807, 2.05) is 72.8 Å². The number of ether oxygens (including phenoxy) is 3. The molecular weight excluding hydrogens is 494 g/mol. The lowest BCUT2D eigenvalue weighted by atomic mass is 9.91. The van der Waals surface area contributed by atoms with Gasteiger partial charge in [-0.25, -0.2) is 4.79 Å². The minimum Gasteiger partial charge on any atom is -0.493 e. The van der Waals surface area contributed by atoms with Crippen molar-refractivity contribution < 1.29 is 28.9 Å². The maximum atomic E-state index is 14.0. The van der Waals surface area contributed by atoms with Gasteiger partial charge in [-0.1, -0.05) is 84.9 Å². The SMILES string of the molecule is COc1ccc2c(c1OCc1ccccc1)C[C@@H](C(=O)O)N(C(=O)[C@H](Oc1ccccc1)c1ccccc1)C2. The molecule has 0 unspecified atom stereocenters. The van der Waals surface area contributed by atoms with Crippen LogP contribution in [0.1, 0.15) is 28.4 Å². The number of carbonyl (C=O) groups excluding carboxylic acids is 1. The van der Waals surface area contributed by atoms with Crippen molar-refractivity contribution in [3.8, 4) is 17.2 Å². The summed E-state index contributed by atoms with van der Waals surface area (Å²) >= 11 is 0. The minimum absolute atomic E-state index is 0.0740. The molecule has 0 spiro atoms. The first-order valence-corrected chi connectivity index (χ1v) is 12.7. The van der Waals surface area contributed by atoms with Gasteiger partial charge in [0.2, 0.25) is 6.10 Å². The molecule has 1 N–H and O–H groups in total. The zero-order valence-corrected chi connectivity index (χ0v) is 21.5. The molecule has 1 aliphatic rings. The van der Waals surface area contributed by atoms with Crippen molar-refractivity contribution in [2.45, 2.75) is 31.7 Å². The first kappa shape index (κ1) is 25.9. The number of carbonyl (C=O) groups is 2. The summed E-state index contributed by atoms with van der Waals surface area (Å²) in [4.78, 5) is 28.0. The maximum absolute atomic E-state index is 14.0. The summed E-state index contributed by atoms with van der Waals surface area (Å²) in [6.07, 6.45) is -0.936. The van der Waals surface area contributed by atoms with Crippen LogP contribution in [0, 0.1) is 0 Å². The summed E-state index contributed by atoms with van der Waals surface area (Å²) in [6.45, 7) is 0.396. The van der Waals surface area contributed by atoms with Gasteiger partial charge in [0.05, 0.1) is 7.11 Å². The third-order valence-corrected chi connectivity index (χ3v) is 6.77. The van der Waals surface area contributed by atoms with Gasteiger partial charge in [0.25, 0.3) is 5.91 Å². The van der Waals surface area contributed by atoms with Gasteiger partial charge in [-0.2, -0.15) is 0 Å². The van der Waals surface area contributed by atoms with E-state index in [-0.39, 0.29) is 13.0 Å². The fourth-order valence-electron chi connectivity index (χ4n) is 4.79. The van der Waals surface area contributed by atoms with Crippen molar-refractivity contribution in [2.24, 2.45) is 0 Å². The lowest BCUT2D eigenvalue weighted by Gasteiger charge is -2.37. The highest BCUT2D eigenvalue weighted by atomic mass is 16.5. The number of fused-ring (bicyclic) bond motifs is 1. The molecule has 0 aromatic heterocycles. The second kappa shape index (κ2) is 11.7. The van der Waals surface area contributed by atoms with Crippen molar-refractivity contribution in [2.75, 3.05) is 7.11 Å². The molecule has 7 heteroatoms. The highest BCUT2D eigenvalue weighted by Gasteiger charge is 2.40. The van der Waals surface area contributed by atoms with E-state index in [0.29, 0.717) is 29.4 Å². The van der Waals surface area contributed by atoms with Gasteiger partial charge in [-0.3, -0.25) is 4.79 Å². The fraction of sp³-hybridized carbons (Fsp3) is 0.188. The Kier molecular flexibility index (Phi) is 7.78. The molecule has 1 amide bonds. The van der Waals surface area contributed by atoms with Gasteiger partial charge < -0.3 is 24.2 Å². The van der Waals surface area contributed by atoms with Crippen molar-refractivity contribution in [3.05, 3.63) is 125 Å². The number of carboxylic acid groups (broad SMARTS) is 1. The van der Waals surface area contributed by atoms with Crippen LogP contribution in [0.3, 0.4) is 0 Å². The van der Waals surface area contributed by atoms with E-state index in [1.54, 1.807) is 37.4 Å². The normalized spacial score (nSPS) is 15.1. The average molecular weight is 524 g/mol. The number of hydrogen-bond donors (Lipinski definition) is 1. The Bertz CT molecular complexity index is 1430. The van der Waals surface area contributed by atoms with Crippen molar-refractivity contribution in [3.63, 3.8) is 0 Å². The molecule has 5 rings (SSSR count). The van der Waals surface area contributed by atoms with Gasteiger partial charge in [0.15, 0.2) is 11.5 Å². The highest BCUT2D eigenvalue weighted by Crippen LogP contribution is 2.39. The van der Waals surface area contributed by atoms with Crippen LogP contribution in [0.2, 0.25) is 0 Å².